The molecule has 0 fully saturated rings. The van der Waals surface area contributed by atoms with Crippen molar-refractivity contribution in [1.29, 1.82) is 0 Å². The van der Waals surface area contributed by atoms with E-state index in [1.54, 1.807) is 29.4 Å². The normalized spacial score (nSPS) is 20.0. The van der Waals surface area contributed by atoms with E-state index in [0.29, 0.717) is 22.3 Å². The largest absolute Gasteiger partial charge is 0.341 e. The van der Waals surface area contributed by atoms with E-state index in [4.69, 9.17) is 16.6 Å². The monoisotopic (exact) mass is 405 g/mol. The second kappa shape index (κ2) is 6.91. The van der Waals surface area contributed by atoms with E-state index in [1.807, 2.05) is 19.4 Å². The predicted molar refractivity (Wildman–Crippen MR) is 105 cm³/mol. The van der Waals surface area contributed by atoms with Gasteiger partial charge in [0.15, 0.2) is 16.7 Å². The lowest BCUT2D eigenvalue weighted by Gasteiger charge is -2.28. The van der Waals surface area contributed by atoms with Gasteiger partial charge in [-0.15, -0.1) is 22.0 Å². The summed E-state index contributed by atoms with van der Waals surface area (Å²) in [5.74, 6) is 0.967. The molecule has 1 atom stereocenters. The summed E-state index contributed by atoms with van der Waals surface area (Å²) in [6.45, 7) is 1.96. The fourth-order valence-electron chi connectivity index (χ4n) is 3.09. The van der Waals surface area contributed by atoms with Crippen LogP contribution in [0.25, 0.3) is 0 Å². The van der Waals surface area contributed by atoms with E-state index < -0.39 is 6.04 Å². The van der Waals surface area contributed by atoms with Gasteiger partial charge in [0.2, 0.25) is 0 Å². The molecule has 2 aliphatic heterocycles. The predicted octanol–water partition coefficient (Wildman–Crippen LogP) is 2.91. The van der Waals surface area contributed by atoms with Gasteiger partial charge in [-0.3, -0.25) is 10.0 Å². The minimum absolute atomic E-state index is 0.317. The van der Waals surface area contributed by atoms with E-state index in [2.05, 4.69) is 20.9 Å². The molecule has 1 unspecified atom stereocenters. The van der Waals surface area contributed by atoms with Gasteiger partial charge in [-0.25, -0.2) is 14.5 Å². The van der Waals surface area contributed by atoms with E-state index >= 15 is 0 Å². The van der Waals surface area contributed by atoms with Gasteiger partial charge in [-0.2, -0.15) is 0 Å². The highest BCUT2D eigenvalue weighted by atomic mass is 35.5. The van der Waals surface area contributed by atoms with Crippen molar-refractivity contribution in [2.45, 2.75) is 13.0 Å². The Bertz CT molecular complexity index is 970. The number of nitrogens with zero attached hydrogens (tertiary/aromatic N) is 5. The minimum atomic E-state index is -0.451. The van der Waals surface area contributed by atoms with Crippen LogP contribution in [-0.2, 0) is 0 Å². The number of halogens is 2. The fraction of sp³-hybridized carbons (Fsp3) is 0.235. The number of hydrazine groups is 2. The summed E-state index contributed by atoms with van der Waals surface area (Å²) in [6.07, 6.45) is 1.73. The van der Waals surface area contributed by atoms with Crippen LogP contribution in [0.15, 0.2) is 51.1 Å². The molecule has 140 valence electrons. The first-order chi connectivity index (χ1) is 12.9. The number of hydrogen-bond acceptors (Lipinski definition) is 8. The lowest BCUT2D eigenvalue weighted by atomic mass is 9.94. The quantitative estimate of drug-likeness (QED) is 0.821. The second-order valence-corrected chi connectivity index (χ2v) is 7.46. The molecule has 0 spiro atoms. The first kappa shape index (κ1) is 17.9. The number of hydrazone groups is 1. The average molecular weight is 406 g/mol. The van der Waals surface area contributed by atoms with Crippen LogP contribution >= 0.6 is 22.9 Å². The van der Waals surface area contributed by atoms with Gasteiger partial charge in [0, 0.05) is 47.5 Å². The number of thiazole rings is 1. The molecule has 2 aliphatic rings. The number of hydrogen-bond donors (Lipinski definition) is 2. The minimum Gasteiger partial charge on any atom is -0.341 e. The van der Waals surface area contributed by atoms with Crippen LogP contribution in [0.3, 0.4) is 0 Å². The summed E-state index contributed by atoms with van der Waals surface area (Å²) < 4.78 is 13.6. The molecule has 1 aromatic heterocycles. The van der Waals surface area contributed by atoms with Crippen molar-refractivity contribution in [3.05, 3.63) is 62.5 Å². The molecule has 0 amide bonds. The molecule has 0 saturated carbocycles. The van der Waals surface area contributed by atoms with Crippen molar-refractivity contribution in [2.75, 3.05) is 14.1 Å². The van der Waals surface area contributed by atoms with Gasteiger partial charge < -0.3 is 5.32 Å². The molecule has 27 heavy (non-hydrogen) atoms. The summed E-state index contributed by atoms with van der Waals surface area (Å²) in [5.41, 5.74) is 5.50. The summed E-state index contributed by atoms with van der Waals surface area (Å²) in [5, 5.41) is 14.2. The van der Waals surface area contributed by atoms with Crippen molar-refractivity contribution in [2.24, 2.45) is 10.1 Å². The Hall–Kier alpha value is -2.49. The van der Waals surface area contributed by atoms with Gasteiger partial charge in [0.1, 0.15) is 11.9 Å². The van der Waals surface area contributed by atoms with E-state index in [9.17, 15) is 4.39 Å². The standard InChI is InChI=1S/C17H17ClFN7S/c1-9-13(16-23-26(3)24-25(16)2)14(11-5-4-10(19)8-12(11)18)22-15(21-9)17-20-6-7-27-17/h4-8,14,24H,1-3H3,(H,21,22). The van der Waals surface area contributed by atoms with Crippen LogP contribution in [0, 0.1) is 5.82 Å². The zero-order valence-electron chi connectivity index (χ0n) is 14.9. The lowest BCUT2D eigenvalue weighted by Crippen LogP contribution is -2.41. The molecular formula is C17H17ClFN7S. The summed E-state index contributed by atoms with van der Waals surface area (Å²) in [7, 11) is 3.67. The Morgan fingerprint density at radius 2 is 2.11 bits per heavy atom. The van der Waals surface area contributed by atoms with Crippen LogP contribution in [0.2, 0.25) is 5.02 Å². The molecule has 7 nitrogen and oxygen atoms in total. The number of benzene rings is 1. The number of rotatable bonds is 3. The zero-order valence-corrected chi connectivity index (χ0v) is 16.4. The molecule has 1 aromatic carbocycles. The maximum absolute atomic E-state index is 13.6. The highest BCUT2D eigenvalue weighted by molar-refractivity contribution is 7.11. The summed E-state index contributed by atoms with van der Waals surface area (Å²) >= 11 is 7.86. The first-order valence-corrected chi connectivity index (χ1v) is 9.43. The van der Waals surface area contributed by atoms with Crippen molar-refractivity contribution in [3.63, 3.8) is 0 Å². The number of amidine groups is 2. The lowest BCUT2D eigenvalue weighted by molar-refractivity contribution is 0.166. The van der Waals surface area contributed by atoms with Crippen LogP contribution in [0.4, 0.5) is 4.39 Å². The number of aliphatic imine (C=N–C) groups is 1. The smallest absolute Gasteiger partial charge is 0.173 e. The highest BCUT2D eigenvalue weighted by Crippen LogP contribution is 2.37. The van der Waals surface area contributed by atoms with Gasteiger partial charge in [0.25, 0.3) is 0 Å². The van der Waals surface area contributed by atoms with Gasteiger partial charge in [-0.1, -0.05) is 17.7 Å². The molecule has 0 aliphatic carbocycles. The molecular weight excluding hydrogens is 389 g/mol. The van der Waals surface area contributed by atoms with Crippen LogP contribution in [0.1, 0.15) is 23.5 Å². The Morgan fingerprint density at radius 3 is 2.74 bits per heavy atom. The Kier molecular flexibility index (Phi) is 4.58. The fourth-order valence-corrected chi connectivity index (χ4v) is 3.95. The third kappa shape index (κ3) is 3.29. The van der Waals surface area contributed by atoms with Crippen molar-refractivity contribution in [1.82, 2.24) is 26.0 Å². The zero-order chi connectivity index (χ0) is 19.1. The number of nitrogens with one attached hydrogen (secondary N) is 2. The topological polar surface area (TPSA) is 68.1 Å². The Morgan fingerprint density at radius 1 is 1.30 bits per heavy atom. The third-order valence-electron chi connectivity index (χ3n) is 4.23. The van der Waals surface area contributed by atoms with E-state index in [0.717, 1.165) is 16.3 Å². The first-order valence-electron chi connectivity index (χ1n) is 8.17. The number of likely N-dealkylation sites (N-methyl/N-ethyl adjacent to an activating group) is 1. The Balaban J connectivity index is 1.86. The summed E-state index contributed by atoms with van der Waals surface area (Å²) in [4.78, 5) is 9.19. The molecule has 3 heterocycles. The maximum Gasteiger partial charge on any atom is 0.173 e. The highest BCUT2D eigenvalue weighted by Gasteiger charge is 2.34. The molecule has 2 N–H and O–H groups in total. The average Bonchev–Trinajstić information content (AvgIpc) is 3.24. The van der Waals surface area contributed by atoms with Crippen molar-refractivity contribution in [3.8, 4) is 0 Å². The Labute approximate surface area is 164 Å². The number of allylic oxidation sites excluding steroid dienone is 1. The second-order valence-electron chi connectivity index (χ2n) is 6.15. The van der Waals surface area contributed by atoms with E-state index in [1.165, 1.54) is 23.5 Å². The molecule has 10 heteroatoms. The van der Waals surface area contributed by atoms with Crippen LogP contribution in [-0.4, -0.2) is 40.9 Å². The van der Waals surface area contributed by atoms with Gasteiger partial charge >= 0.3 is 0 Å². The van der Waals surface area contributed by atoms with Crippen molar-refractivity contribution >= 4 is 34.6 Å². The van der Waals surface area contributed by atoms with Gasteiger partial charge in [0.05, 0.1) is 0 Å². The van der Waals surface area contributed by atoms with Crippen LogP contribution < -0.4 is 10.9 Å². The maximum atomic E-state index is 13.6. The molecule has 0 saturated heterocycles. The molecule has 4 rings (SSSR count). The molecule has 0 radical (unpaired) electrons. The van der Waals surface area contributed by atoms with Gasteiger partial charge in [-0.05, 0) is 19.1 Å². The summed E-state index contributed by atoms with van der Waals surface area (Å²) in [6, 6.07) is 3.90. The SMILES string of the molecule is CC1=C(C2=NN(C)NN2C)C(c2ccc(F)cc2Cl)N=C(c2nccs2)N1. The molecule has 0 bridgehead atoms. The van der Waals surface area contributed by atoms with E-state index in [-0.39, 0.29) is 5.82 Å². The van der Waals surface area contributed by atoms with Crippen LogP contribution in [0.5, 0.6) is 0 Å². The third-order valence-corrected chi connectivity index (χ3v) is 5.34. The number of aromatic nitrogens is 1. The van der Waals surface area contributed by atoms with Crippen molar-refractivity contribution < 1.29 is 4.39 Å². The molecule has 2 aromatic rings.